The molecule has 0 amide bonds. The lowest BCUT2D eigenvalue weighted by Gasteiger charge is -2.17. The molecule has 2 N–H and O–H groups in total. The zero-order valence-corrected chi connectivity index (χ0v) is 14.5. The van der Waals surface area contributed by atoms with Gasteiger partial charge in [-0.1, -0.05) is 19.6 Å². The molecule has 0 aliphatic rings. The third kappa shape index (κ3) is 11.1. The molecule has 1 unspecified atom stereocenters. The molecule has 0 fully saturated rings. The maximum Gasteiger partial charge on any atom is 0.325 e. The van der Waals surface area contributed by atoms with Crippen LogP contribution in [0.25, 0.3) is 0 Å². The lowest BCUT2D eigenvalue weighted by atomic mass is 10.3. The topological polar surface area (TPSA) is 86.5 Å². The number of aliphatic carboxylic acids is 1. The van der Waals surface area contributed by atoms with Crippen molar-refractivity contribution in [3.8, 4) is 0 Å². The summed E-state index contributed by atoms with van der Waals surface area (Å²) in [7, 11) is 1.72. The molecular formula is C16H28N4O3. The third-order valence-corrected chi connectivity index (χ3v) is 2.82. The fourth-order valence-electron chi connectivity index (χ4n) is 1.45. The van der Waals surface area contributed by atoms with Crippen molar-refractivity contribution in [2.24, 2.45) is 10.1 Å². The van der Waals surface area contributed by atoms with Crippen molar-refractivity contribution in [3.05, 3.63) is 24.4 Å². The Morgan fingerprint density at radius 2 is 2.22 bits per heavy atom. The smallest absolute Gasteiger partial charge is 0.325 e. The Bertz CT molecular complexity index is 458. The fourth-order valence-corrected chi connectivity index (χ4v) is 1.45. The van der Waals surface area contributed by atoms with E-state index < -0.39 is 5.97 Å². The van der Waals surface area contributed by atoms with Crippen LogP contribution >= 0.6 is 0 Å². The van der Waals surface area contributed by atoms with E-state index in [9.17, 15) is 4.79 Å². The second-order valence-corrected chi connectivity index (χ2v) is 4.89. The van der Waals surface area contributed by atoms with Gasteiger partial charge in [-0.05, 0) is 26.3 Å². The minimum atomic E-state index is -0.971. The average Bonchev–Trinajstić information content (AvgIpc) is 2.52. The van der Waals surface area contributed by atoms with Gasteiger partial charge in [0, 0.05) is 13.6 Å². The van der Waals surface area contributed by atoms with Crippen LogP contribution in [0.15, 0.2) is 34.5 Å². The molecule has 0 heterocycles. The molecule has 0 aromatic carbocycles. The van der Waals surface area contributed by atoms with Gasteiger partial charge in [-0.25, -0.2) is 0 Å². The summed E-state index contributed by atoms with van der Waals surface area (Å²) in [5.41, 5.74) is 0.523. The number of hydrazone groups is 1. The monoisotopic (exact) mass is 324 g/mol. The van der Waals surface area contributed by atoms with Crippen LogP contribution in [0.3, 0.4) is 0 Å². The van der Waals surface area contributed by atoms with Crippen LogP contribution < -0.4 is 5.32 Å². The molecule has 7 nitrogen and oxygen atoms in total. The van der Waals surface area contributed by atoms with E-state index in [-0.39, 0.29) is 19.3 Å². The molecule has 23 heavy (non-hydrogen) atoms. The Hall–Kier alpha value is -2.15. The van der Waals surface area contributed by atoms with Crippen LogP contribution in [-0.2, 0) is 9.53 Å². The van der Waals surface area contributed by atoms with Crippen molar-refractivity contribution in [2.75, 3.05) is 26.7 Å². The normalized spacial score (nSPS) is 13.5. The molecule has 0 spiro atoms. The van der Waals surface area contributed by atoms with Crippen LogP contribution in [0.1, 0.15) is 27.2 Å². The number of carbonyl (C=O) groups is 1. The molecule has 1 atom stereocenters. The molecule has 0 aliphatic carbocycles. The molecular weight excluding hydrogens is 296 g/mol. The third-order valence-electron chi connectivity index (χ3n) is 2.82. The van der Waals surface area contributed by atoms with Crippen molar-refractivity contribution in [3.63, 3.8) is 0 Å². The summed E-state index contributed by atoms with van der Waals surface area (Å²) in [4.78, 5) is 14.9. The van der Waals surface area contributed by atoms with Crippen molar-refractivity contribution in [2.45, 2.75) is 33.3 Å². The standard InChI is InChI=1S/C16H28N4O3/c1-6-7-8-13(2)20(12-16(21)22)19-9-10-23-14(3)11-18-15(4)17-5/h7-9,14H,2,6,10-12H2,1,3-5H3,(H,17,18)(H,21,22)/b8-7-,19-9+. The number of carboxylic acids is 1. The Balaban J connectivity index is 4.36. The lowest BCUT2D eigenvalue weighted by Crippen LogP contribution is -2.31. The molecule has 7 heteroatoms. The lowest BCUT2D eigenvalue weighted by molar-refractivity contribution is -0.137. The highest BCUT2D eigenvalue weighted by molar-refractivity contribution is 5.79. The van der Waals surface area contributed by atoms with Crippen LogP contribution in [0.2, 0.25) is 0 Å². The van der Waals surface area contributed by atoms with Crippen molar-refractivity contribution in [1.29, 1.82) is 0 Å². The van der Waals surface area contributed by atoms with Crippen LogP contribution in [0.4, 0.5) is 0 Å². The van der Waals surface area contributed by atoms with Gasteiger partial charge in [-0.3, -0.25) is 14.8 Å². The van der Waals surface area contributed by atoms with E-state index >= 15 is 0 Å². The van der Waals surface area contributed by atoms with Gasteiger partial charge in [0.05, 0.1) is 30.5 Å². The van der Waals surface area contributed by atoms with Gasteiger partial charge >= 0.3 is 5.97 Å². The van der Waals surface area contributed by atoms with Crippen molar-refractivity contribution >= 4 is 18.0 Å². The van der Waals surface area contributed by atoms with Crippen molar-refractivity contribution in [1.82, 2.24) is 10.3 Å². The molecule has 0 bridgehead atoms. The number of amidine groups is 1. The Labute approximate surface area is 138 Å². The number of carboxylic acid groups (broad SMARTS) is 1. The van der Waals surface area contributed by atoms with E-state index in [2.05, 4.69) is 22.0 Å². The average molecular weight is 324 g/mol. The maximum atomic E-state index is 10.9. The van der Waals surface area contributed by atoms with Gasteiger partial charge in [0.1, 0.15) is 6.54 Å². The summed E-state index contributed by atoms with van der Waals surface area (Å²) in [6.45, 7) is 10.3. The summed E-state index contributed by atoms with van der Waals surface area (Å²) in [6.07, 6.45) is 6.01. The predicted molar refractivity (Wildman–Crippen MR) is 93.9 cm³/mol. The van der Waals surface area contributed by atoms with E-state index in [0.717, 1.165) is 12.3 Å². The quantitative estimate of drug-likeness (QED) is 0.262. The molecule has 0 saturated heterocycles. The van der Waals surface area contributed by atoms with E-state index in [1.54, 1.807) is 13.1 Å². The molecule has 0 saturated carbocycles. The zero-order valence-electron chi connectivity index (χ0n) is 14.5. The number of nitrogens with one attached hydrogen (secondary N) is 1. The van der Waals surface area contributed by atoms with Gasteiger partial charge in [0.15, 0.2) is 0 Å². The summed E-state index contributed by atoms with van der Waals surface area (Å²) in [5, 5.41) is 17.5. The minimum Gasteiger partial charge on any atom is -0.480 e. The number of allylic oxidation sites excluding steroid dienone is 2. The second kappa shape index (κ2) is 12.4. The van der Waals surface area contributed by atoms with Crippen LogP contribution in [0, 0.1) is 0 Å². The molecule has 130 valence electrons. The number of hydrogen-bond donors (Lipinski definition) is 2. The number of nitrogens with zero attached hydrogens (tertiary/aromatic N) is 3. The minimum absolute atomic E-state index is 0.0192. The fraction of sp³-hybridized carbons (Fsp3) is 0.562. The molecule has 0 radical (unpaired) electrons. The number of aliphatic imine (C=N–C) groups is 1. The first-order chi connectivity index (χ1) is 10.9. The largest absolute Gasteiger partial charge is 0.480 e. The summed E-state index contributed by atoms with van der Waals surface area (Å²) in [6, 6.07) is 0. The van der Waals surface area contributed by atoms with Crippen molar-refractivity contribution < 1.29 is 14.6 Å². The first kappa shape index (κ1) is 20.9. The first-order valence-corrected chi connectivity index (χ1v) is 7.56. The second-order valence-electron chi connectivity index (χ2n) is 4.89. The SMILES string of the molecule is C=C(/C=C\CC)N(CC(=O)O)/N=C/COC(C)CNC(C)=NC. The molecule has 0 aliphatic heterocycles. The van der Waals surface area contributed by atoms with Crippen LogP contribution in [0.5, 0.6) is 0 Å². The van der Waals surface area contributed by atoms with E-state index in [0.29, 0.717) is 12.2 Å². The summed E-state index contributed by atoms with van der Waals surface area (Å²) < 4.78 is 5.56. The Kier molecular flexibility index (Phi) is 11.2. The highest BCUT2D eigenvalue weighted by Gasteiger charge is 2.08. The van der Waals surface area contributed by atoms with Crippen LogP contribution in [-0.4, -0.2) is 61.0 Å². The molecule has 0 aromatic heterocycles. The van der Waals surface area contributed by atoms with Gasteiger partial charge in [0.25, 0.3) is 0 Å². The predicted octanol–water partition coefficient (Wildman–Crippen LogP) is 1.88. The molecule has 0 aromatic rings. The number of ether oxygens (including phenoxy) is 1. The van der Waals surface area contributed by atoms with E-state index in [4.69, 9.17) is 9.84 Å². The number of hydrogen-bond acceptors (Lipinski definition) is 5. The molecule has 0 rings (SSSR count). The highest BCUT2D eigenvalue weighted by Crippen LogP contribution is 2.04. The zero-order chi connectivity index (χ0) is 17.7. The highest BCUT2D eigenvalue weighted by atomic mass is 16.5. The van der Waals surface area contributed by atoms with E-state index in [1.165, 1.54) is 11.2 Å². The maximum absolute atomic E-state index is 10.9. The van der Waals surface area contributed by atoms with Gasteiger partial charge < -0.3 is 15.2 Å². The summed E-state index contributed by atoms with van der Waals surface area (Å²) in [5.74, 6) is -0.123. The first-order valence-electron chi connectivity index (χ1n) is 7.56. The Morgan fingerprint density at radius 1 is 1.52 bits per heavy atom. The van der Waals surface area contributed by atoms with E-state index in [1.807, 2.05) is 26.8 Å². The van der Waals surface area contributed by atoms with Gasteiger partial charge in [-0.15, -0.1) is 0 Å². The number of rotatable bonds is 11. The van der Waals surface area contributed by atoms with Gasteiger partial charge in [0.2, 0.25) is 0 Å². The summed E-state index contributed by atoms with van der Waals surface area (Å²) >= 11 is 0. The Morgan fingerprint density at radius 3 is 2.78 bits per heavy atom. The van der Waals surface area contributed by atoms with Gasteiger partial charge in [-0.2, -0.15) is 5.10 Å².